The topological polar surface area (TPSA) is 42.6 Å². The molecule has 0 spiro atoms. The van der Waals surface area contributed by atoms with Crippen LogP contribution in [0.2, 0.25) is 0 Å². The van der Waals surface area contributed by atoms with E-state index in [-0.39, 0.29) is 0 Å². The fourth-order valence-electron chi connectivity index (χ4n) is 3.60. The van der Waals surface area contributed by atoms with Gasteiger partial charge in [0.15, 0.2) is 0 Å². The van der Waals surface area contributed by atoms with Gasteiger partial charge in [-0.3, -0.25) is 0 Å². The van der Waals surface area contributed by atoms with Crippen molar-refractivity contribution in [2.24, 2.45) is 0 Å². The van der Waals surface area contributed by atoms with Crippen LogP contribution in [0, 0.1) is 0 Å². The molecule has 0 amide bonds. The minimum Gasteiger partial charge on any atom is -0.537 e. The number of hydrogen-bond donors (Lipinski definition) is 1. The lowest BCUT2D eigenvalue weighted by Crippen LogP contribution is -2.00. The van der Waals surface area contributed by atoms with Crippen LogP contribution in [0.4, 0.5) is 0 Å². The lowest BCUT2D eigenvalue weighted by Gasteiger charge is -2.10. The third-order valence-corrected chi connectivity index (χ3v) is 4.72. The van der Waals surface area contributed by atoms with Crippen LogP contribution in [-0.2, 0) is 0 Å². The number of furan rings is 1. The number of fused-ring (bicyclic) bond motifs is 4. The van der Waals surface area contributed by atoms with E-state index in [0.717, 1.165) is 38.5 Å². The Labute approximate surface area is 150 Å². The van der Waals surface area contributed by atoms with Gasteiger partial charge in [-0.15, -0.1) is 0 Å². The molecule has 1 heterocycles. The Bertz CT molecular complexity index is 1250. The first-order chi connectivity index (χ1) is 12.8. The van der Waals surface area contributed by atoms with Crippen LogP contribution in [0.15, 0.2) is 83.3 Å². The van der Waals surface area contributed by atoms with Gasteiger partial charge in [0.05, 0.1) is 5.39 Å². The first kappa shape index (κ1) is 15.1. The van der Waals surface area contributed by atoms with E-state index in [1.54, 1.807) is 0 Å². The van der Waals surface area contributed by atoms with Gasteiger partial charge in [-0.1, -0.05) is 60.7 Å². The molecule has 26 heavy (non-hydrogen) atoms. The summed E-state index contributed by atoms with van der Waals surface area (Å²) in [6, 6.07) is 26.3. The number of rotatable bonds is 3. The minimum atomic E-state index is 0.567. The van der Waals surface area contributed by atoms with Gasteiger partial charge in [-0.2, -0.15) is 0 Å². The second-order valence-electron chi connectivity index (χ2n) is 6.20. The molecule has 4 aromatic carbocycles. The van der Waals surface area contributed by atoms with Crippen LogP contribution in [0.1, 0.15) is 0 Å². The molecule has 3 nitrogen and oxygen atoms in total. The van der Waals surface area contributed by atoms with Gasteiger partial charge in [-0.05, 0) is 40.1 Å². The first-order valence-corrected chi connectivity index (χ1v) is 8.41. The van der Waals surface area contributed by atoms with E-state index in [4.69, 9.17) is 9.07 Å². The maximum Gasteiger partial charge on any atom is 0.569 e. The zero-order valence-electron chi connectivity index (χ0n) is 13.8. The highest BCUT2D eigenvalue weighted by molar-refractivity contribution is 6.19. The van der Waals surface area contributed by atoms with E-state index in [9.17, 15) is 5.02 Å². The normalized spacial score (nSPS) is 11.3. The number of para-hydroxylation sites is 1. The SMILES string of the molecule is O[B]Oc1cc(-c2cccc3ccccc23)cc2oc3ccccc3c12. The molecule has 0 saturated heterocycles. The third-order valence-electron chi connectivity index (χ3n) is 4.72. The monoisotopic (exact) mass is 337 g/mol. The van der Waals surface area contributed by atoms with Crippen LogP contribution < -0.4 is 4.65 Å². The lowest BCUT2D eigenvalue weighted by molar-refractivity contribution is 0.457. The van der Waals surface area contributed by atoms with Gasteiger partial charge >= 0.3 is 7.69 Å². The van der Waals surface area contributed by atoms with Gasteiger partial charge in [0.25, 0.3) is 0 Å². The predicted octanol–water partition coefficient (Wildman–Crippen LogP) is 5.31. The van der Waals surface area contributed by atoms with Gasteiger partial charge < -0.3 is 14.1 Å². The molecule has 0 aliphatic rings. The second-order valence-corrected chi connectivity index (χ2v) is 6.20. The highest BCUT2D eigenvalue weighted by Gasteiger charge is 2.15. The molecule has 0 unspecified atom stereocenters. The van der Waals surface area contributed by atoms with Gasteiger partial charge in [0, 0.05) is 5.39 Å². The van der Waals surface area contributed by atoms with Crippen molar-refractivity contribution in [2.45, 2.75) is 0 Å². The molecule has 0 saturated carbocycles. The summed E-state index contributed by atoms with van der Waals surface area (Å²) in [5, 5.41) is 13.4. The lowest BCUT2D eigenvalue weighted by atomic mass is 9.97. The Hall–Kier alpha value is -3.24. The highest BCUT2D eigenvalue weighted by atomic mass is 16.5. The molecule has 1 N–H and O–H groups in total. The van der Waals surface area contributed by atoms with Crippen LogP contribution in [-0.4, -0.2) is 12.7 Å². The van der Waals surface area contributed by atoms with Crippen LogP contribution in [0.3, 0.4) is 0 Å². The maximum atomic E-state index is 9.24. The van der Waals surface area contributed by atoms with Gasteiger partial charge in [0.1, 0.15) is 16.9 Å². The highest BCUT2D eigenvalue weighted by Crippen LogP contribution is 2.40. The van der Waals surface area contributed by atoms with E-state index in [2.05, 4.69) is 24.3 Å². The standard InChI is InChI=1S/C22H14BO3/c24-23-26-21-13-15(17-10-5-7-14-6-1-2-8-16(14)17)12-20-22(21)18-9-3-4-11-19(18)25-20/h1-13,24H. The van der Waals surface area contributed by atoms with E-state index in [0.29, 0.717) is 13.4 Å². The summed E-state index contributed by atoms with van der Waals surface area (Å²) < 4.78 is 11.5. The average molecular weight is 337 g/mol. The molecule has 0 fully saturated rings. The molecule has 1 aromatic heterocycles. The van der Waals surface area contributed by atoms with Crippen molar-refractivity contribution in [2.75, 3.05) is 0 Å². The summed E-state index contributed by atoms with van der Waals surface area (Å²) in [6.45, 7) is 0. The fourth-order valence-corrected chi connectivity index (χ4v) is 3.60. The van der Waals surface area contributed by atoms with Gasteiger partial charge in [-0.25, -0.2) is 0 Å². The molecule has 5 rings (SSSR count). The van der Waals surface area contributed by atoms with Crippen molar-refractivity contribution < 1.29 is 14.1 Å². The van der Waals surface area contributed by atoms with Crippen molar-refractivity contribution >= 4 is 40.4 Å². The largest absolute Gasteiger partial charge is 0.569 e. The van der Waals surface area contributed by atoms with Crippen LogP contribution >= 0.6 is 0 Å². The van der Waals surface area contributed by atoms with Crippen molar-refractivity contribution in [1.82, 2.24) is 0 Å². The predicted molar refractivity (Wildman–Crippen MR) is 105 cm³/mol. The van der Waals surface area contributed by atoms with Crippen molar-refractivity contribution in [3.63, 3.8) is 0 Å². The summed E-state index contributed by atoms with van der Waals surface area (Å²) in [5.74, 6) is 0.567. The van der Waals surface area contributed by atoms with Crippen LogP contribution in [0.25, 0.3) is 43.8 Å². The molecule has 0 aliphatic carbocycles. The van der Waals surface area contributed by atoms with E-state index in [1.165, 1.54) is 5.39 Å². The molecule has 5 aromatic rings. The molecular weight excluding hydrogens is 323 g/mol. The van der Waals surface area contributed by atoms with E-state index in [1.807, 2.05) is 54.6 Å². The Morgan fingerprint density at radius 3 is 2.42 bits per heavy atom. The quantitative estimate of drug-likeness (QED) is 0.454. The van der Waals surface area contributed by atoms with E-state index >= 15 is 0 Å². The Balaban J connectivity index is 1.85. The number of benzene rings is 4. The van der Waals surface area contributed by atoms with Gasteiger partial charge in [0.2, 0.25) is 0 Å². The minimum absolute atomic E-state index is 0.567. The molecule has 123 valence electrons. The maximum absolute atomic E-state index is 9.24. The molecular formula is C22H14BO3. The van der Waals surface area contributed by atoms with Crippen molar-refractivity contribution in [1.29, 1.82) is 0 Å². The number of hydrogen-bond acceptors (Lipinski definition) is 3. The molecule has 1 radical (unpaired) electrons. The van der Waals surface area contributed by atoms with Crippen molar-refractivity contribution in [3.05, 3.63) is 78.9 Å². The summed E-state index contributed by atoms with van der Waals surface area (Å²) in [7, 11) is 0.712. The molecule has 0 bridgehead atoms. The zero-order chi connectivity index (χ0) is 17.5. The van der Waals surface area contributed by atoms with Crippen molar-refractivity contribution in [3.8, 4) is 16.9 Å². The Kier molecular flexibility index (Phi) is 3.44. The molecule has 0 atom stereocenters. The summed E-state index contributed by atoms with van der Waals surface area (Å²) in [5.41, 5.74) is 3.59. The second kappa shape index (κ2) is 5.93. The average Bonchev–Trinajstić information content (AvgIpc) is 3.06. The zero-order valence-corrected chi connectivity index (χ0v) is 13.8. The third kappa shape index (κ3) is 2.27. The summed E-state index contributed by atoms with van der Waals surface area (Å²) >= 11 is 0. The van der Waals surface area contributed by atoms with Crippen LogP contribution in [0.5, 0.6) is 5.75 Å². The summed E-state index contributed by atoms with van der Waals surface area (Å²) in [6.07, 6.45) is 0. The Morgan fingerprint density at radius 2 is 1.54 bits per heavy atom. The fraction of sp³-hybridized carbons (Fsp3) is 0. The Morgan fingerprint density at radius 1 is 0.769 bits per heavy atom. The smallest absolute Gasteiger partial charge is 0.537 e. The first-order valence-electron chi connectivity index (χ1n) is 8.41. The molecule has 0 aliphatic heterocycles. The van der Waals surface area contributed by atoms with E-state index < -0.39 is 0 Å². The molecule has 4 heteroatoms. The summed E-state index contributed by atoms with van der Waals surface area (Å²) in [4.78, 5) is 0.